The summed E-state index contributed by atoms with van der Waals surface area (Å²) in [6.07, 6.45) is 0. The van der Waals surface area contributed by atoms with Crippen LogP contribution < -0.4 is 4.90 Å². The van der Waals surface area contributed by atoms with Crippen molar-refractivity contribution in [2.75, 3.05) is 4.90 Å². The van der Waals surface area contributed by atoms with Gasteiger partial charge in [-0.25, -0.2) is 4.98 Å². The van der Waals surface area contributed by atoms with Crippen molar-refractivity contribution < 1.29 is 8.83 Å². The Labute approximate surface area is 317 Å². The van der Waals surface area contributed by atoms with Crippen LogP contribution in [0.5, 0.6) is 0 Å². The number of oxazole rings is 1. The number of benzene rings is 9. The number of fused-ring (bicyclic) bond motifs is 8. The highest BCUT2D eigenvalue weighted by Gasteiger charge is 2.18. The van der Waals surface area contributed by atoms with Crippen LogP contribution in [-0.2, 0) is 0 Å². The first-order chi connectivity index (χ1) is 27.2. The molecule has 0 radical (unpaired) electrons. The summed E-state index contributed by atoms with van der Waals surface area (Å²) in [5.41, 5.74) is 11.9. The maximum Gasteiger partial charge on any atom is 0.227 e. The maximum absolute atomic E-state index is 6.43. The molecule has 0 atom stereocenters. The summed E-state index contributed by atoms with van der Waals surface area (Å²) in [7, 11) is 0. The van der Waals surface area contributed by atoms with Gasteiger partial charge in [0.15, 0.2) is 5.58 Å². The topological polar surface area (TPSA) is 42.4 Å². The Bertz CT molecular complexity index is 3200. The largest absolute Gasteiger partial charge is 0.456 e. The third kappa shape index (κ3) is 5.34. The number of furan rings is 1. The van der Waals surface area contributed by atoms with Gasteiger partial charge in [0.2, 0.25) is 5.89 Å². The van der Waals surface area contributed by atoms with E-state index < -0.39 is 0 Å². The number of nitrogens with zero attached hydrogens (tertiary/aromatic N) is 2. The Morgan fingerprint density at radius 2 is 0.964 bits per heavy atom. The molecule has 0 spiro atoms. The van der Waals surface area contributed by atoms with E-state index in [9.17, 15) is 0 Å². The van der Waals surface area contributed by atoms with Gasteiger partial charge < -0.3 is 13.7 Å². The molecule has 0 N–H and O–H groups in total. The summed E-state index contributed by atoms with van der Waals surface area (Å²) < 4.78 is 12.6. The van der Waals surface area contributed by atoms with E-state index in [1.54, 1.807) is 0 Å². The lowest BCUT2D eigenvalue weighted by molar-refractivity contribution is 0.619. The molecule has 0 saturated carbocycles. The number of hydrogen-bond acceptors (Lipinski definition) is 4. The molecule has 4 heteroatoms. The Balaban J connectivity index is 0.994. The van der Waals surface area contributed by atoms with Crippen LogP contribution in [0.2, 0.25) is 0 Å². The average Bonchev–Trinajstić information content (AvgIpc) is 3.86. The number of rotatable bonds is 6. The first-order valence-corrected chi connectivity index (χ1v) is 18.5. The van der Waals surface area contributed by atoms with Crippen LogP contribution in [-0.4, -0.2) is 4.98 Å². The summed E-state index contributed by atoms with van der Waals surface area (Å²) in [5.74, 6) is 0.604. The van der Waals surface area contributed by atoms with Crippen LogP contribution in [0, 0.1) is 0 Å². The fourth-order valence-electron chi connectivity index (χ4n) is 7.98. The van der Waals surface area contributed by atoms with Gasteiger partial charge in [0.05, 0.1) is 5.39 Å². The molecule has 0 aliphatic carbocycles. The Kier molecular flexibility index (Phi) is 7.14. The van der Waals surface area contributed by atoms with Crippen molar-refractivity contribution in [1.82, 2.24) is 4.98 Å². The normalized spacial score (nSPS) is 11.6. The van der Waals surface area contributed by atoms with E-state index >= 15 is 0 Å². The van der Waals surface area contributed by atoms with Gasteiger partial charge in [-0.3, -0.25) is 0 Å². The number of hydrogen-bond donors (Lipinski definition) is 0. The van der Waals surface area contributed by atoms with Crippen molar-refractivity contribution in [3.05, 3.63) is 194 Å². The minimum atomic E-state index is 0.604. The molecule has 11 aromatic rings. The number of anilines is 3. The molecule has 55 heavy (non-hydrogen) atoms. The molecule has 2 heterocycles. The number of aromatic nitrogens is 1. The highest BCUT2D eigenvalue weighted by molar-refractivity contribution is 6.17. The van der Waals surface area contributed by atoms with Gasteiger partial charge in [-0.2, -0.15) is 0 Å². The highest BCUT2D eigenvalue weighted by atomic mass is 16.4. The second kappa shape index (κ2) is 12.6. The summed E-state index contributed by atoms with van der Waals surface area (Å²) >= 11 is 0. The first-order valence-electron chi connectivity index (χ1n) is 18.5. The summed E-state index contributed by atoms with van der Waals surface area (Å²) in [6.45, 7) is 0. The molecule has 0 bridgehead atoms. The molecule has 11 rings (SSSR count). The zero-order chi connectivity index (χ0) is 36.3. The van der Waals surface area contributed by atoms with Crippen LogP contribution >= 0.6 is 0 Å². The first kappa shape index (κ1) is 31.1. The van der Waals surface area contributed by atoms with Crippen molar-refractivity contribution in [2.45, 2.75) is 0 Å². The van der Waals surface area contributed by atoms with Gasteiger partial charge in [0, 0.05) is 28.0 Å². The Hall–Kier alpha value is -7.43. The zero-order valence-electron chi connectivity index (χ0n) is 29.7. The molecule has 9 aromatic carbocycles. The maximum atomic E-state index is 6.43. The van der Waals surface area contributed by atoms with E-state index in [1.165, 1.54) is 32.7 Å². The van der Waals surface area contributed by atoms with Crippen molar-refractivity contribution in [3.8, 4) is 33.7 Å². The minimum absolute atomic E-state index is 0.604. The standard InChI is InChI=1S/C51H32N2O2/c1-3-10-33(11-4-1)37-15-9-16-41(30-37)53(42-25-27-44-39(31-42)19-18-35-12-7-8-17-43(35)44)40-23-20-34(21-24-40)38-22-26-45-48(32-38)54-46-28-29-47-50(49(45)46)52-51(55-47)36-13-5-2-6-14-36/h1-32H. The average molecular weight is 705 g/mol. The van der Waals surface area contributed by atoms with Gasteiger partial charge in [-0.1, -0.05) is 121 Å². The predicted octanol–water partition coefficient (Wildman–Crippen LogP) is 14.5. The molecule has 258 valence electrons. The van der Waals surface area contributed by atoms with E-state index in [2.05, 4.69) is 157 Å². The monoisotopic (exact) mass is 704 g/mol. The van der Waals surface area contributed by atoms with Crippen LogP contribution in [0.25, 0.3) is 88.3 Å². The van der Waals surface area contributed by atoms with Gasteiger partial charge in [0.25, 0.3) is 0 Å². The SMILES string of the molecule is c1ccc(-c2cccc(N(c3ccc(-c4ccc5c(c4)oc4ccc6oc(-c7ccccc7)nc6c45)cc3)c3ccc4c(ccc5ccccc54)c3)c2)cc1. The predicted molar refractivity (Wildman–Crippen MR) is 227 cm³/mol. The molecule has 0 unspecified atom stereocenters. The van der Waals surface area contributed by atoms with E-state index in [4.69, 9.17) is 13.8 Å². The molecule has 0 aliphatic rings. The van der Waals surface area contributed by atoms with Gasteiger partial charge in [-0.05, 0) is 117 Å². The van der Waals surface area contributed by atoms with E-state index in [1.807, 2.05) is 42.5 Å². The molecule has 0 saturated heterocycles. The third-order valence-electron chi connectivity index (χ3n) is 10.7. The van der Waals surface area contributed by atoms with Crippen LogP contribution in [0.1, 0.15) is 0 Å². The minimum Gasteiger partial charge on any atom is -0.456 e. The van der Waals surface area contributed by atoms with Crippen molar-refractivity contribution in [3.63, 3.8) is 0 Å². The fourth-order valence-corrected chi connectivity index (χ4v) is 7.98. The Morgan fingerprint density at radius 3 is 1.82 bits per heavy atom. The van der Waals surface area contributed by atoms with Gasteiger partial charge in [0.1, 0.15) is 16.7 Å². The third-order valence-corrected chi connectivity index (χ3v) is 10.7. The Morgan fingerprint density at radius 1 is 0.345 bits per heavy atom. The van der Waals surface area contributed by atoms with Gasteiger partial charge in [-0.15, -0.1) is 0 Å². The quantitative estimate of drug-likeness (QED) is 0.162. The zero-order valence-corrected chi connectivity index (χ0v) is 29.7. The van der Waals surface area contributed by atoms with E-state index in [0.29, 0.717) is 5.89 Å². The van der Waals surface area contributed by atoms with Crippen molar-refractivity contribution in [2.24, 2.45) is 0 Å². The molecule has 0 fully saturated rings. The van der Waals surface area contributed by atoms with Gasteiger partial charge >= 0.3 is 0 Å². The van der Waals surface area contributed by atoms with E-state index in [-0.39, 0.29) is 0 Å². The van der Waals surface area contributed by atoms with Crippen molar-refractivity contribution >= 4 is 71.6 Å². The van der Waals surface area contributed by atoms with Crippen LogP contribution in [0.4, 0.5) is 17.1 Å². The summed E-state index contributed by atoms with van der Waals surface area (Å²) in [5, 5.41) is 6.94. The van der Waals surface area contributed by atoms with Crippen LogP contribution in [0.15, 0.2) is 203 Å². The lowest BCUT2D eigenvalue weighted by atomic mass is 10.00. The lowest BCUT2D eigenvalue weighted by Gasteiger charge is -2.26. The lowest BCUT2D eigenvalue weighted by Crippen LogP contribution is -2.10. The summed E-state index contributed by atoms with van der Waals surface area (Å²) in [4.78, 5) is 7.26. The highest BCUT2D eigenvalue weighted by Crippen LogP contribution is 2.41. The van der Waals surface area contributed by atoms with Crippen LogP contribution in [0.3, 0.4) is 0 Å². The molecule has 0 aliphatic heterocycles. The molecule has 0 amide bonds. The molecule has 4 nitrogen and oxygen atoms in total. The molecular formula is C51H32N2O2. The molecular weight excluding hydrogens is 673 g/mol. The molecule has 2 aromatic heterocycles. The van der Waals surface area contributed by atoms with E-state index in [0.717, 1.165) is 66.8 Å². The second-order valence-corrected chi connectivity index (χ2v) is 14.0. The second-order valence-electron chi connectivity index (χ2n) is 14.0. The smallest absolute Gasteiger partial charge is 0.227 e. The fraction of sp³-hybridized carbons (Fsp3) is 0. The summed E-state index contributed by atoms with van der Waals surface area (Å²) in [6, 6.07) is 68.3. The van der Waals surface area contributed by atoms with Crippen molar-refractivity contribution in [1.29, 1.82) is 0 Å².